The fourth-order valence-electron chi connectivity index (χ4n) is 1.99. The Balaban J connectivity index is 2.59. The van der Waals surface area contributed by atoms with Crippen LogP contribution in [0.15, 0.2) is 18.2 Å². The first-order valence-corrected chi connectivity index (χ1v) is 6.68. The molecule has 1 rings (SSSR count). The maximum Gasteiger partial charge on any atom is 0.224 e. The predicted molar refractivity (Wildman–Crippen MR) is 76.7 cm³/mol. The van der Waals surface area contributed by atoms with Gasteiger partial charge in [-0.1, -0.05) is 25.1 Å². The van der Waals surface area contributed by atoms with E-state index in [9.17, 15) is 4.79 Å². The third kappa shape index (κ3) is 4.49. The summed E-state index contributed by atoms with van der Waals surface area (Å²) >= 11 is 0. The molecule has 0 aliphatic heterocycles. The molecule has 1 unspecified atom stereocenters. The number of para-hydroxylation sites is 1. The van der Waals surface area contributed by atoms with E-state index in [2.05, 4.69) is 18.3 Å². The molecule has 0 saturated carbocycles. The molecule has 1 amide bonds. The van der Waals surface area contributed by atoms with E-state index in [4.69, 9.17) is 5.73 Å². The van der Waals surface area contributed by atoms with Crippen molar-refractivity contribution in [1.82, 2.24) is 0 Å². The third-order valence-electron chi connectivity index (χ3n) is 3.07. The minimum Gasteiger partial charge on any atom is -0.328 e. The SMILES string of the molecule is CCc1cccc(C)c1NC(=O)CCCC(C)N. The van der Waals surface area contributed by atoms with Crippen molar-refractivity contribution < 1.29 is 4.79 Å². The fraction of sp³-hybridized carbons (Fsp3) is 0.533. The third-order valence-corrected chi connectivity index (χ3v) is 3.07. The standard InChI is InChI=1S/C15H24N2O/c1-4-13-9-5-7-11(2)15(13)17-14(18)10-6-8-12(3)16/h5,7,9,12H,4,6,8,10,16H2,1-3H3,(H,17,18). The number of benzene rings is 1. The summed E-state index contributed by atoms with van der Waals surface area (Å²) in [5.74, 6) is 0.0830. The summed E-state index contributed by atoms with van der Waals surface area (Å²) in [5.41, 5.74) is 8.96. The van der Waals surface area contributed by atoms with Crippen molar-refractivity contribution in [2.75, 3.05) is 5.32 Å². The van der Waals surface area contributed by atoms with Crippen molar-refractivity contribution in [3.8, 4) is 0 Å². The minimum absolute atomic E-state index is 0.0830. The van der Waals surface area contributed by atoms with Crippen molar-refractivity contribution in [3.05, 3.63) is 29.3 Å². The van der Waals surface area contributed by atoms with E-state index < -0.39 is 0 Å². The number of nitrogens with two attached hydrogens (primary N) is 1. The van der Waals surface area contributed by atoms with E-state index in [1.54, 1.807) is 0 Å². The second-order valence-corrected chi connectivity index (χ2v) is 4.88. The second-order valence-electron chi connectivity index (χ2n) is 4.88. The molecule has 3 N–H and O–H groups in total. The minimum atomic E-state index is 0.0830. The Morgan fingerprint density at radius 3 is 2.78 bits per heavy atom. The molecule has 0 spiro atoms. The van der Waals surface area contributed by atoms with Crippen LogP contribution in [0.1, 0.15) is 44.2 Å². The smallest absolute Gasteiger partial charge is 0.224 e. The van der Waals surface area contributed by atoms with E-state index in [-0.39, 0.29) is 11.9 Å². The van der Waals surface area contributed by atoms with Crippen LogP contribution in [-0.2, 0) is 11.2 Å². The summed E-state index contributed by atoms with van der Waals surface area (Å²) in [6, 6.07) is 6.28. The number of hydrogen-bond donors (Lipinski definition) is 2. The Hall–Kier alpha value is -1.35. The average Bonchev–Trinajstić information content (AvgIpc) is 2.31. The maximum atomic E-state index is 11.9. The molecular weight excluding hydrogens is 224 g/mol. The lowest BCUT2D eigenvalue weighted by Gasteiger charge is -2.13. The van der Waals surface area contributed by atoms with Crippen molar-refractivity contribution in [3.63, 3.8) is 0 Å². The van der Waals surface area contributed by atoms with Crippen LogP contribution < -0.4 is 11.1 Å². The first-order valence-electron chi connectivity index (χ1n) is 6.68. The first-order chi connectivity index (χ1) is 8.54. The van der Waals surface area contributed by atoms with Gasteiger partial charge in [0, 0.05) is 18.2 Å². The molecule has 0 bridgehead atoms. The van der Waals surface area contributed by atoms with Gasteiger partial charge in [-0.15, -0.1) is 0 Å². The van der Waals surface area contributed by atoms with Crippen molar-refractivity contribution in [2.45, 2.75) is 52.5 Å². The number of amides is 1. The molecule has 0 saturated heterocycles. The molecule has 3 heteroatoms. The fourth-order valence-corrected chi connectivity index (χ4v) is 1.99. The van der Waals surface area contributed by atoms with Gasteiger partial charge in [0.15, 0.2) is 0 Å². The highest BCUT2D eigenvalue weighted by atomic mass is 16.1. The molecule has 0 aliphatic carbocycles. The highest BCUT2D eigenvalue weighted by molar-refractivity contribution is 5.92. The molecule has 0 radical (unpaired) electrons. The molecule has 3 nitrogen and oxygen atoms in total. The van der Waals surface area contributed by atoms with Gasteiger partial charge in [0.2, 0.25) is 5.91 Å². The summed E-state index contributed by atoms with van der Waals surface area (Å²) in [4.78, 5) is 11.9. The zero-order chi connectivity index (χ0) is 13.5. The Morgan fingerprint density at radius 1 is 1.44 bits per heavy atom. The summed E-state index contributed by atoms with van der Waals surface area (Å²) in [6.07, 6.45) is 3.20. The van der Waals surface area contributed by atoms with Gasteiger partial charge < -0.3 is 11.1 Å². The normalized spacial score (nSPS) is 12.2. The number of anilines is 1. The second kappa shape index (κ2) is 7.17. The Labute approximate surface area is 110 Å². The lowest BCUT2D eigenvalue weighted by atomic mass is 10.1. The average molecular weight is 248 g/mol. The molecule has 0 heterocycles. The number of rotatable bonds is 6. The number of carbonyl (C=O) groups excluding carboxylic acids is 1. The molecule has 1 aromatic rings. The monoisotopic (exact) mass is 248 g/mol. The molecule has 1 aromatic carbocycles. The highest BCUT2D eigenvalue weighted by Gasteiger charge is 2.08. The lowest BCUT2D eigenvalue weighted by Crippen LogP contribution is -2.17. The van der Waals surface area contributed by atoms with E-state index in [0.717, 1.165) is 30.5 Å². The van der Waals surface area contributed by atoms with Crippen LogP contribution in [0, 0.1) is 6.92 Å². The number of nitrogens with one attached hydrogen (secondary N) is 1. The number of hydrogen-bond acceptors (Lipinski definition) is 2. The van der Waals surface area contributed by atoms with Crippen molar-refractivity contribution in [2.24, 2.45) is 5.73 Å². The maximum absolute atomic E-state index is 11.9. The molecule has 100 valence electrons. The lowest BCUT2D eigenvalue weighted by molar-refractivity contribution is -0.116. The number of aryl methyl sites for hydroxylation is 2. The molecule has 0 fully saturated rings. The van der Waals surface area contributed by atoms with Gasteiger partial charge in [0.25, 0.3) is 0 Å². The van der Waals surface area contributed by atoms with Crippen molar-refractivity contribution in [1.29, 1.82) is 0 Å². The van der Waals surface area contributed by atoms with E-state index in [1.165, 1.54) is 5.56 Å². The molecule has 1 atom stereocenters. The van der Waals surface area contributed by atoms with Crippen LogP contribution >= 0.6 is 0 Å². The van der Waals surface area contributed by atoms with E-state index in [0.29, 0.717) is 6.42 Å². The Kier molecular flexibility index (Phi) is 5.86. The molecule has 18 heavy (non-hydrogen) atoms. The van der Waals surface area contributed by atoms with Crippen LogP contribution in [0.2, 0.25) is 0 Å². The predicted octanol–water partition coefficient (Wildman–Crippen LogP) is 3.01. The quantitative estimate of drug-likeness (QED) is 0.813. The zero-order valence-corrected chi connectivity index (χ0v) is 11.6. The topological polar surface area (TPSA) is 55.1 Å². The first kappa shape index (κ1) is 14.7. The zero-order valence-electron chi connectivity index (χ0n) is 11.6. The van der Waals surface area contributed by atoms with Gasteiger partial charge in [-0.3, -0.25) is 4.79 Å². The summed E-state index contributed by atoms with van der Waals surface area (Å²) in [6.45, 7) is 6.09. The molecule has 0 aromatic heterocycles. The van der Waals surface area contributed by atoms with Gasteiger partial charge in [-0.05, 0) is 44.2 Å². The highest BCUT2D eigenvalue weighted by Crippen LogP contribution is 2.21. The van der Waals surface area contributed by atoms with Gasteiger partial charge in [0.05, 0.1) is 0 Å². The Morgan fingerprint density at radius 2 is 2.17 bits per heavy atom. The summed E-state index contributed by atoms with van der Waals surface area (Å²) in [7, 11) is 0. The number of carbonyl (C=O) groups is 1. The largest absolute Gasteiger partial charge is 0.328 e. The van der Waals surface area contributed by atoms with Crippen LogP contribution in [0.5, 0.6) is 0 Å². The van der Waals surface area contributed by atoms with Crippen LogP contribution in [-0.4, -0.2) is 11.9 Å². The summed E-state index contributed by atoms with van der Waals surface area (Å²) in [5, 5.41) is 3.02. The van der Waals surface area contributed by atoms with Gasteiger partial charge >= 0.3 is 0 Å². The van der Waals surface area contributed by atoms with E-state index in [1.807, 2.05) is 26.0 Å². The van der Waals surface area contributed by atoms with Gasteiger partial charge in [-0.2, -0.15) is 0 Å². The van der Waals surface area contributed by atoms with Crippen LogP contribution in [0.25, 0.3) is 0 Å². The van der Waals surface area contributed by atoms with Crippen molar-refractivity contribution >= 4 is 11.6 Å². The van der Waals surface area contributed by atoms with Gasteiger partial charge in [0.1, 0.15) is 0 Å². The summed E-state index contributed by atoms with van der Waals surface area (Å²) < 4.78 is 0. The van der Waals surface area contributed by atoms with Gasteiger partial charge in [-0.25, -0.2) is 0 Å². The van der Waals surface area contributed by atoms with E-state index >= 15 is 0 Å². The molecular formula is C15H24N2O. The Bertz CT molecular complexity index is 399. The van der Waals surface area contributed by atoms with Crippen LogP contribution in [0.3, 0.4) is 0 Å². The molecule has 0 aliphatic rings. The van der Waals surface area contributed by atoms with Crippen LogP contribution in [0.4, 0.5) is 5.69 Å².